The third kappa shape index (κ3) is 3.94. The number of aryl methyl sites for hydroxylation is 2. The highest BCUT2D eigenvalue weighted by Crippen LogP contribution is 2.25. The highest BCUT2D eigenvalue weighted by molar-refractivity contribution is 7.89. The molecular weight excluding hydrogens is 276 g/mol. The van der Waals surface area contributed by atoms with Crippen LogP contribution in [0, 0.1) is 19.8 Å². The first-order valence-electron chi connectivity index (χ1n) is 6.59. The minimum Gasteiger partial charge on any atom is -0.497 e. The lowest BCUT2D eigenvalue weighted by atomic mass is 10.1. The van der Waals surface area contributed by atoms with Crippen LogP contribution in [0.5, 0.6) is 5.75 Å². The van der Waals surface area contributed by atoms with Crippen LogP contribution in [0.4, 0.5) is 0 Å². The van der Waals surface area contributed by atoms with E-state index in [-0.39, 0.29) is 18.5 Å². The van der Waals surface area contributed by atoms with Gasteiger partial charge in [0, 0.05) is 12.6 Å². The van der Waals surface area contributed by atoms with Crippen molar-refractivity contribution >= 4 is 10.0 Å². The van der Waals surface area contributed by atoms with E-state index in [0.717, 1.165) is 0 Å². The largest absolute Gasteiger partial charge is 0.497 e. The molecule has 0 saturated carbocycles. The maximum Gasteiger partial charge on any atom is 0.241 e. The Morgan fingerprint density at radius 3 is 2.15 bits per heavy atom. The van der Waals surface area contributed by atoms with E-state index in [1.54, 1.807) is 33.1 Å². The van der Waals surface area contributed by atoms with Crippen LogP contribution in [-0.2, 0) is 10.0 Å². The molecule has 6 heteroatoms. The van der Waals surface area contributed by atoms with Gasteiger partial charge in [0.1, 0.15) is 5.75 Å². The third-order valence-corrected chi connectivity index (χ3v) is 5.03. The lowest BCUT2D eigenvalue weighted by Crippen LogP contribution is -2.40. The van der Waals surface area contributed by atoms with Crippen molar-refractivity contribution in [2.75, 3.05) is 13.7 Å². The number of hydrogen-bond acceptors (Lipinski definition) is 4. The van der Waals surface area contributed by atoms with Gasteiger partial charge in [0.25, 0.3) is 0 Å². The Kier molecular flexibility index (Phi) is 5.56. The van der Waals surface area contributed by atoms with Crippen LogP contribution in [0.2, 0.25) is 0 Å². The maximum absolute atomic E-state index is 12.4. The number of sulfonamides is 1. The fraction of sp³-hybridized carbons (Fsp3) is 0.571. The van der Waals surface area contributed by atoms with Gasteiger partial charge in [0.15, 0.2) is 0 Å². The molecule has 0 spiro atoms. The molecule has 5 nitrogen and oxygen atoms in total. The average molecular weight is 300 g/mol. The van der Waals surface area contributed by atoms with Crippen molar-refractivity contribution in [2.24, 2.45) is 11.7 Å². The molecule has 0 aliphatic rings. The molecule has 0 aromatic heterocycles. The summed E-state index contributed by atoms with van der Waals surface area (Å²) in [6, 6.07) is 3.22. The number of nitrogens with two attached hydrogens (primary N) is 1. The molecule has 0 amide bonds. The molecule has 0 radical (unpaired) electrons. The average Bonchev–Trinajstić information content (AvgIpc) is 2.34. The molecule has 0 fully saturated rings. The standard InChI is InChI=1S/C14H24N2O3S/c1-9(2)13(15)8-16-20(17,18)14-10(3)6-12(19-5)7-11(14)4/h6-7,9,13,16H,8,15H2,1-5H3. The summed E-state index contributed by atoms with van der Waals surface area (Å²) in [5.74, 6) is 0.869. The topological polar surface area (TPSA) is 81.4 Å². The summed E-state index contributed by atoms with van der Waals surface area (Å²) >= 11 is 0. The van der Waals surface area contributed by atoms with Crippen molar-refractivity contribution in [3.05, 3.63) is 23.3 Å². The predicted octanol–water partition coefficient (Wildman–Crippen LogP) is 1.57. The van der Waals surface area contributed by atoms with Crippen LogP contribution in [0.25, 0.3) is 0 Å². The van der Waals surface area contributed by atoms with Gasteiger partial charge >= 0.3 is 0 Å². The van der Waals surface area contributed by atoms with E-state index >= 15 is 0 Å². The number of methoxy groups -OCH3 is 1. The molecule has 0 aliphatic carbocycles. The van der Waals surface area contributed by atoms with Crippen LogP contribution >= 0.6 is 0 Å². The summed E-state index contributed by atoms with van der Waals surface area (Å²) in [4.78, 5) is 0.300. The quantitative estimate of drug-likeness (QED) is 0.835. The fourth-order valence-electron chi connectivity index (χ4n) is 1.97. The first-order valence-corrected chi connectivity index (χ1v) is 8.07. The second kappa shape index (κ2) is 6.56. The highest BCUT2D eigenvalue weighted by atomic mass is 32.2. The Hall–Kier alpha value is -1.11. The lowest BCUT2D eigenvalue weighted by molar-refractivity contribution is 0.413. The molecule has 0 aliphatic heterocycles. The van der Waals surface area contributed by atoms with E-state index in [9.17, 15) is 8.42 Å². The zero-order valence-electron chi connectivity index (χ0n) is 12.7. The van der Waals surface area contributed by atoms with Crippen molar-refractivity contribution in [1.29, 1.82) is 0 Å². The second-order valence-corrected chi connectivity index (χ2v) is 7.05. The van der Waals surface area contributed by atoms with Crippen molar-refractivity contribution in [3.8, 4) is 5.75 Å². The molecular formula is C14H24N2O3S. The molecule has 3 N–H and O–H groups in total. The van der Waals surface area contributed by atoms with E-state index < -0.39 is 10.0 Å². The summed E-state index contributed by atoms with van der Waals surface area (Å²) in [7, 11) is -2.00. The Bertz CT molecular complexity index is 545. The number of ether oxygens (including phenoxy) is 1. The second-order valence-electron chi connectivity index (χ2n) is 5.35. The van der Waals surface area contributed by atoms with Crippen molar-refractivity contribution in [3.63, 3.8) is 0 Å². The molecule has 0 saturated heterocycles. The SMILES string of the molecule is COc1cc(C)c(S(=O)(=O)NCC(N)C(C)C)c(C)c1. The zero-order valence-corrected chi connectivity index (χ0v) is 13.5. The molecule has 0 bridgehead atoms. The Morgan fingerprint density at radius 1 is 1.25 bits per heavy atom. The van der Waals surface area contributed by atoms with Crippen molar-refractivity contribution in [1.82, 2.24) is 4.72 Å². The van der Waals surface area contributed by atoms with Gasteiger partial charge in [-0.15, -0.1) is 0 Å². The summed E-state index contributed by atoms with van der Waals surface area (Å²) < 4.78 is 32.5. The molecule has 0 heterocycles. The maximum atomic E-state index is 12.4. The molecule has 1 aromatic rings. The minimum atomic E-state index is -3.56. The van der Waals surface area contributed by atoms with Crippen LogP contribution in [0.15, 0.2) is 17.0 Å². The van der Waals surface area contributed by atoms with Crippen molar-refractivity contribution in [2.45, 2.75) is 38.6 Å². The predicted molar refractivity (Wildman–Crippen MR) is 80.5 cm³/mol. The van der Waals surface area contributed by atoms with Crippen LogP contribution in [0.1, 0.15) is 25.0 Å². The number of rotatable bonds is 6. The number of hydrogen-bond donors (Lipinski definition) is 2. The van der Waals surface area contributed by atoms with Gasteiger partial charge in [0.2, 0.25) is 10.0 Å². The van der Waals surface area contributed by atoms with Crippen LogP contribution in [0.3, 0.4) is 0 Å². The van der Waals surface area contributed by atoms with Gasteiger partial charge in [-0.3, -0.25) is 0 Å². The highest BCUT2D eigenvalue weighted by Gasteiger charge is 2.21. The van der Waals surface area contributed by atoms with Crippen LogP contribution in [-0.4, -0.2) is 28.1 Å². The van der Waals surface area contributed by atoms with Gasteiger partial charge in [-0.05, 0) is 43.0 Å². The van der Waals surface area contributed by atoms with Gasteiger partial charge in [-0.1, -0.05) is 13.8 Å². The summed E-state index contributed by atoms with van der Waals surface area (Å²) in [5, 5.41) is 0. The van der Waals surface area contributed by atoms with Gasteiger partial charge < -0.3 is 10.5 Å². The minimum absolute atomic E-state index is 0.205. The molecule has 1 rings (SSSR count). The summed E-state index contributed by atoms with van der Waals surface area (Å²) in [5.41, 5.74) is 7.20. The molecule has 114 valence electrons. The molecule has 1 unspecified atom stereocenters. The Balaban J connectivity index is 3.04. The third-order valence-electron chi connectivity index (χ3n) is 3.30. The normalized spacial score (nSPS) is 13.6. The molecule has 20 heavy (non-hydrogen) atoms. The summed E-state index contributed by atoms with van der Waals surface area (Å²) in [6.07, 6.45) is 0. The fourth-order valence-corrected chi connectivity index (χ4v) is 3.49. The first-order chi connectivity index (χ1) is 9.19. The number of nitrogens with one attached hydrogen (secondary N) is 1. The first kappa shape index (κ1) is 16.9. The Labute approximate surface area is 121 Å². The summed E-state index contributed by atoms with van der Waals surface area (Å²) in [6.45, 7) is 7.66. The van der Waals surface area contributed by atoms with Crippen molar-refractivity contribution < 1.29 is 13.2 Å². The van der Waals surface area contributed by atoms with Gasteiger partial charge in [0.05, 0.1) is 12.0 Å². The monoisotopic (exact) mass is 300 g/mol. The van der Waals surface area contributed by atoms with E-state index in [4.69, 9.17) is 10.5 Å². The lowest BCUT2D eigenvalue weighted by Gasteiger charge is -2.18. The van der Waals surface area contributed by atoms with Gasteiger partial charge in [-0.25, -0.2) is 13.1 Å². The zero-order chi connectivity index (χ0) is 15.5. The van der Waals surface area contributed by atoms with Gasteiger partial charge in [-0.2, -0.15) is 0 Å². The van der Waals surface area contributed by atoms with E-state index in [2.05, 4.69) is 4.72 Å². The molecule has 1 aromatic carbocycles. The Morgan fingerprint density at radius 2 is 1.75 bits per heavy atom. The molecule has 1 atom stereocenters. The smallest absolute Gasteiger partial charge is 0.241 e. The van der Waals surface area contributed by atoms with E-state index in [1.165, 1.54) is 0 Å². The van der Waals surface area contributed by atoms with Crippen LogP contribution < -0.4 is 15.2 Å². The van der Waals surface area contributed by atoms with E-state index in [1.807, 2.05) is 13.8 Å². The van der Waals surface area contributed by atoms with E-state index in [0.29, 0.717) is 21.8 Å². The number of benzene rings is 1.